The van der Waals surface area contributed by atoms with Crippen molar-refractivity contribution in [1.82, 2.24) is 0 Å². The molecule has 0 aromatic carbocycles. The first-order valence-corrected chi connectivity index (χ1v) is 5.53. The molecule has 0 aliphatic carbocycles. The summed E-state index contributed by atoms with van der Waals surface area (Å²) >= 11 is 3.40. The highest BCUT2D eigenvalue weighted by Crippen LogP contribution is 2.18. The maximum atomic E-state index is 5.51. The molecular formula is C10H15BrO. The van der Waals surface area contributed by atoms with Crippen LogP contribution in [0.1, 0.15) is 26.2 Å². The molecule has 0 radical (unpaired) electrons. The van der Waals surface area contributed by atoms with Gasteiger partial charge in [0.25, 0.3) is 0 Å². The molecule has 0 saturated carbocycles. The first-order chi connectivity index (χ1) is 5.84. The topological polar surface area (TPSA) is 9.23 Å². The van der Waals surface area contributed by atoms with E-state index >= 15 is 0 Å². The van der Waals surface area contributed by atoms with Crippen molar-refractivity contribution in [1.29, 1.82) is 0 Å². The fourth-order valence-electron chi connectivity index (χ4n) is 1.20. The van der Waals surface area contributed by atoms with Crippen molar-refractivity contribution in [3.8, 4) is 0 Å². The SMILES string of the molecule is CC(=CCCBr)C1=CCCCO1. The average Bonchev–Trinajstić information content (AvgIpc) is 2.15. The van der Waals surface area contributed by atoms with Crippen LogP contribution in [0.2, 0.25) is 0 Å². The van der Waals surface area contributed by atoms with Gasteiger partial charge in [-0.25, -0.2) is 0 Å². The van der Waals surface area contributed by atoms with Gasteiger partial charge < -0.3 is 4.74 Å². The molecule has 0 atom stereocenters. The van der Waals surface area contributed by atoms with E-state index in [0.717, 1.165) is 37.0 Å². The molecule has 0 saturated heterocycles. The molecule has 0 amide bonds. The lowest BCUT2D eigenvalue weighted by Gasteiger charge is -2.15. The highest BCUT2D eigenvalue weighted by molar-refractivity contribution is 9.09. The largest absolute Gasteiger partial charge is 0.494 e. The summed E-state index contributed by atoms with van der Waals surface area (Å²) in [6, 6.07) is 0. The molecule has 0 fully saturated rings. The van der Waals surface area contributed by atoms with Crippen molar-refractivity contribution in [2.75, 3.05) is 11.9 Å². The van der Waals surface area contributed by atoms with Gasteiger partial charge in [0.15, 0.2) is 0 Å². The Bertz CT molecular complexity index is 194. The quantitative estimate of drug-likeness (QED) is 0.676. The zero-order valence-electron chi connectivity index (χ0n) is 7.48. The second-order valence-corrected chi connectivity index (χ2v) is 3.72. The zero-order chi connectivity index (χ0) is 8.81. The number of allylic oxidation sites excluding steroid dienone is 3. The van der Waals surface area contributed by atoms with Crippen LogP contribution < -0.4 is 0 Å². The van der Waals surface area contributed by atoms with E-state index in [-0.39, 0.29) is 0 Å². The minimum atomic E-state index is 0.880. The molecular weight excluding hydrogens is 216 g/mol. The second kappa shape index (κ2) is 5.41. The Hall–Kier alpha value is -0.240. The lowest BCUT2D eigenvalue weighted by molar-refractivity contribution is 0.201. The molecule has 1 rings (SSSR count). The van der Waals surface area contributed by atoms with Gasteiger partial charge in [-0.3, -0.25) is 0 Å². The highest BCUT2D eigenvalue weighted by atomic mass is 79.9. The van der Waals surface area contributed by atoms with Crippen LogP contribution in [-0.2, 0) is 4.74 Å². The second-order valence-electron chi connectivity index (χ2n) is 2.92. The number of ether oxygens (including phenoxy) is 1. The summed E-state index contributed by atoms with van der Waals surface area (Å²) in [6.07, 6.45) is 7.80. The molecule has 0 N–H and O–H groups in total. The first-order valence-electron chi connectivity index (χ1n) is 4.40. The summed E-state index contributed by atoms with van der Waals surface area (Å²) < 4.78 is 5.51. The van der Waals surface area contributed by atoms with Gasteiger partial charge in [-0.05, 0) is 37.8 Å². The third kappa shape index (κ3) is 3.02. The fraction of sp³-hybridized carbons (Fsp3) is 0.600. The predicted octanol–water partition coefficient (Wildman–Crippen LogP) is 3.41. The Kier molecular flexibility index (Phi) is 4.44. The molecule has 0 bridgehead atoms. The molecule has 0 unspecified atom stereocenters. The minimum Gasteiger partial charge on any atom is -0.494 e. The van der Waals surface area contributed by atoms with Crippen LogP contribution in [0.25, 0.3) is 0 Å². The van der Waals surface area contributed by atoms with E-state index in [0.29, 0.717) is 0 Å². The fourth-order valence-corrected chi connectivity index (χ4v) is 1.43. The van der Waals surface area contributed by atoms with Crippen LogP contribution in [0.15, 0.2) is 23.5 Å². The van der Waals surface area contributed by atoms with Gasteiger partial charge >= 0.3 is 0 Å². The van der Waals surface area contributed by atoms with E-state index in [1.54, 1.807) is 0 Å². The van der Waals surface area contributed by atoms with Crippen molar-refractivity contribution in [3.63, 3.8) is 0 Å². The summed E-state index contributed by atoms with van der Waals surface area (Å²) in [5.41, 5.74) is 1.27. The van der Waals surface area contributed by atoms with Crippen LogP contribution in [0.5, 0.6) is 0 Å². The standard InChI is InChI=1S/C10H15BrO/c1-9(5-4-7-11)10-6-2-3-8-12-10/h5-6H,2-4,7-8H2,1H3. The van der Waals surface area contributed by atoms with E-state index in [9.17, 15) is 0 Å². The Labute approximate surface area is 82.6 Å². The van der Waals surface area contributed by atoms with Crippen molar-refractivity contribution < 1.29 is 4.74 Å². The Balaban J connectivity index is 2.49. The third-order valence-corrected chi connectivity index (χ3v) is 2.34. The normalized spacial score (nSPS) is 18.5. The van der Waals surface area contributed by atoms with E-state index in [1.807, 2.05) is 0 Å². The molecule has 12 heavy (non-hydrogen) atoms. The highest BCUT2D eigenvalue weighted by Gasteiger charge is 2.04. The van der Waals surface area contributed by atoms with Gasteiger partial charge in [-0.2, -0.15) is 0 Å². The third-order valence-electron chi connectivity index (χ3n) is 1.88. The maximum Gasteiger partial charge on any atom is 0.117 e. The van der Waals surface area contributed by atoms with Crippen LogP contribution in [0.3, 0.4) is 0 Å². The summed E-state index contributed by atoms with van der Waals surface area (Å²) in [5, 5.41) is 1.03. The summed E-state index contributed by atoms with van der Waals surface area (Å²) in [7, 11) is 0. The molecule has 68 valence electrons. The Morgan fingerprint density at radius 3 is 3.17 bits per heavy atom. The predicted molar refractivity (Wildman–Crippen MR) is 55.4 cm³/mol. The zero-order valence-corrected chi connectivity index (χ0v) is 9.06. The molecule has 1 nitrogen and oxygen atoms in total. The molecule has 1 heterocycles. The van der Waals surface area contributed by atoms with Gasteiger partial charge in [0, 0.05) is 5.33 Å². The number of hydrogen-bond donors (Lipinski definition) is 0. The van der Waals surface area contributed by atoms with Crippen LogP contribution in [0, 0.1) is 0 Å². The molecule has 2 heteroatoms. The molecule has 1 aliphatic heterocycles. The number of hydrogen-bond acceptors (Lipinski definition) is 1. The number of rotatable bonds is 3. The Morgan fingerprint density at radius 2 is 2.58 bits per heavy atom. The molecule has 0 aromatic rings. The lowest BCUT2D eigenvalue weighted by atomic mass is 10.1. The van der Waals surface area contributed by atoms with Crippen molar-refractivity contribution >= 4 is 15.9 Å². The van der Waals surface area contributed by atoms with E-state index in [4.69, 9.17) is 4.74 Å². The van der Waals surface area contributed by atoms with Crippen molar-refractivity contribution in [2.24, 2.45) is 0 Å². The summed E-state index contributed by atoms with van der Waals surface area (Å²) in [5.74, 6) is 1.09. The smallest absolute Gasteiger partial charge is 0.117 e. The van der Waals surface area contributed by atoms with Crippen LogP contribution >= 0.6 is 15.9 Å². The Morgan fingerprint density at radius 1 is 1.75 bits per heavy atom. The maximum absolute atomic E-state index is 5.51. The summed E-state index contributed by atoms with van der Waals surface area (Å²) in [4.78, 5) is 0. The van der Waals surface area contributed by atoms with E-state index < -0.39 is 0 Å². The van der Waals surface area contributed by atoms with Gasteiger partial charge in [0.05, 0.1) is 6.61 Å². The number of halogens is 1. The van der Waals surface area contributed by atoms with E-state index in [2.05, 4.69) is 35.0 Å². The minimum absolute atomic E-state index is 0.880. The summed E-state index contributed by atoms with van der Waals surface area (Å²) in [6.45, 7) is 2.99. The number of alkyl halides is 1. The van der Waals surface area contributed by atoms with Crippen LogP contribution in [-0.4, -0.2) is 11.9 Å². The average molecular weight is 231 g/mol. The van der Waals surface area contributed by atoms with Gasteiger partial charge in [-0.1, -0.05) is 22.0 Å². The lowest BCUT2D eigenvalue weighted by Crippen LogP contribution is -2.01. The van der Waals surface area contributed by atoms with Crippen molar-refractivity contribution in [3.05, 3.63) is 23.5 Å². The molecule has 1 aliphatic rings. The molecule has 0 spiro atoms. The van der Waals surface area contributed by atoms with Gasteiger partial charge in [0.2, 0.25) is 0 Å². The van der Waals surface area contributed by atoms with Gasteiger partial charge in [-0.15, -0.1) is 0 Å². The monoisotopic (exact) mass is 230 g/mol. The van der Waals surface area contributed by atoms with Gasteiger partial charge in [0.1, 0.15) is 5.76 Å². The van der Waals surface area contributed by atoms with Crippen LogP contribution in [0.4, 0.5) is 0 Å². The van der Waals surface area contributed by atoms with Crippen molar-refractivity contribution in [2.45, 2.75) is 26.2 Å². The first kappa shape index (κ1) is 9.85. The molecule has 0 aromatic heterocycles. The van der Waals surface area contributed by atoms with E-state index in [1.165, 1.54) is 5.57 Å².